The maximum Gasteiger partial charge on any atom is 0.212 e. The summed E-state index contributed by atoms with van der Waals surface area (Å²) in [6, 6.07) is 11.5. The van der Waals surface area contributed by atoms with E-state index in [1.807, 2.05) is 34.9 Å². The van der Waals surface area contributed by atoms with Gasteiger partial charge in [0.05, 0.1) is 30.3 Å². The molecule has 0 saturated carbocycles. The van der Waals surface area contributed by atoms with E-state index >= 15 is 0 Å². The molecule has 7 nitrogen and oxygen atoms in total. The van der Waals surface area contributed by atoms with Crippen molar-refractivity contribution in [3.63, 3.8) is 0 Å². The smallest absolute Gasteiger partial charge is 0.212 e. The Hall–Kier alpha value is -2.93. The molecule has 3 aromatic rings. The van der Waals surface area contributed by atoms with Crippen LogP contribution < -0.4 is 20.5 Å². The minimum atomic E-state index is -0.416. The second-order valence-corrected chi connectivity index (χ2v) is 5.95. The van der Waals surface area contributed by atoms with Crippen LogP contribution in [0.25, 0.3) is 11.0 Å². The quantitative estimate of drug-likeness (QED) is 0.752. The molecule has 1 aromatic heterocycles. The van der Waals surface area contributed by atoms with E-state index in [9.17, 15) is 0 Å². The fourth-order valence-electron chi connectivity index (χ4n) is 3.03. The van der Waals surface area contributed by atoms with Gasteiger partial charge in [0.2, 0.25) is 5.95 Å². The number of aromatic nitrogens is 2. The lowest BCUT2D eigenvalue weighted by molar-refractivity contribution is 0.354. The number of hydrogen-bond acceptors (Lipinski definition) is 6. The van der Waals surface area contributed by atoms with Gasteiger partial charge in [0.15, 0.2) is 23.6 Å². The van der Waals surface area contributed by atoms with Gasteiger partial charge in [-0.05, 0) is 24.3 Å². The van der Waals surface area contributed by atoms with Crippen molar-refractivity contribution in [2.75, 3.05) is 19.5 Å². The van der Waals surface area contributed by atoms with E-state index in [0.717, 1.165) is 16.6 Å². The lowest BCUT2D eigenvalue weighted by Gasteiger charge is -2.24. The molecule has 0 saturated heterocycles. The number of nitrogens with one attached hydrogen (secondary N) is 1. The van der Waals surface area contributed by atoms with Crippen molar-refractivity contribution in [1.82, 2.24) is 9.55 Å². The molecule has 8 heteroatoms. The van der Waals surface area contributed by atoms with Gasteiger partial charge in [0.25, 0.3) is 0 Å². The Bertz CT molecular complexity index is 998. The third-order valence-corrected chi connectivity index (χ3v) is 4.38. The molecule has 2 heterocycles. The van der Waals surface area contributed by atoms with Gasteiger partial charge in [0, 0.05) is 5.56 Å². The van der Waals surface area contributed by atoms with Crippen molar-refractivity contribution in [1.29, 1.82) is 0 Å². The normalized spacial score (nSPS) is 16.1. The van der Waals surface area contributed by atoms with Gasteiger partial charge in [-0.1, -0.05) is 23.7 Å². The third-order valence-electron chi connectivity index (χ3n) is 4.10. The zero-order valence-electron chi connectivity index (χ0n) is 13.7. The summed E-state index contributed by atoms with van der Waals surface area (Å²) in [5, 5.41) is 3.45. The average Bonchev–Trinajstić information content (AvgIpc) is 2.98. The van der Waals surface area contributed by atoms with E-state index < -0.39 is 6.17 Å². The molecule has 1 aliphatic heterocycles. The number of ether oxygens (including phenoxy) is 2. The number of aliphatic imine (C=N–C) groups is 1. The third kappa shape index (κ3) is 2.44. The van der Waals surface area contributed by atoms with Crippen molar-refractivity contribution < 1.29 is 9.47 Å². The van der Waals surface area contributed by atoms with Crippen LogP contribution in [0.4, 0.5) is 5.95 Å². The number of hydrogen-bond donors (Lipinski definition) is 2. The highest BCUT2D eigenvalue weighted by atomic mass is 35.5. The molecule has 2 aromatic carbocycles. The summed E-state index contributed by atoms with van der Waals surface area (Å²) in [6.07, 6.45) is -0.416. The molecule has 3 N–H and O–H groups in total. The van der Waals surface area contributed by atoms with Crippen molar-refractivity contribution >= 4 is 34.5 Å². The highest BCUT2D eigenvalue weighted by Gasteiger charge is 2.26. The van der Waals surface area contributed by atoms with E-state index in [0.29, 0.717) is 28.4 Å². The molecule has 0 fully saturated rings. The van der Waals surface area contributed by atoms with Gasteiger partial charge >= 0.3 is 0 Å². The van der Waals surface area contributed by atoms with E-state index in [2.05, 4.69) is 15.3 Å². The fourth-order valence-corrected chi connectivity index (χ4v) is 3.32. The van der Waals surface area contributed by atoms with Crippen molar-refractivity contribution in [2.24, 2.45) is 10.7 Å². The summed E-state index contributed by atoms with van der Waals surface area (Å²) in [7, 11) is 3.11. The van der Waals surface area contributed by atoms with E-state index in [4.69, 9.17) is 26.8 Å². The van der Waals surface area contributed by atoms with Gasteiger partial charge in [-0.15, -0.1) is 0 Å². The molecule has 0 amide bonds. The maximum atomic E-state index is 6.36. The molecular weight excluding hydrogens is 342 g/mol. The Labute approximate surface area is 149 Å². The molecule has 128 valence electrons. The summed E-state index contributed by atoms with van der Waals surface area (Å²) in [4.78, 5) is 9.12. The van der Waals surface area contributed by atoms with Gasteiger partial charge in [-0.25, -0.2) is 9.98 Å². The van der Waals surface area contributed by atoms with E-state index in [1.165, 1.54) is 0 Å². The zero-order chi connectivity index (χ0) is 17.6. The summed E-state index contributed by atoms with van der Waals surface area (Å²) in [5.41, 5.74) is 8.57. The predicted molar refractivity (Wildman–Crippen MR) is 97.7 cm³/mol. The molecule has 4 rings (SSSR count). The zero-order valence-corrected chi connectivity index (χ0v) is 14.4. The molecule has 0 aliphatic carbocycles. The Kier molecular flexibility index (Phi) is 3.65. The van der Waals surface area contributed by atoms with Crippen LogP contribution in [0.2, 0.25) is 5.02 Å². The minimum Gasteiger partial charge on any atom is -0.493 e. The number of benzene rings is 2. The van der Waals surface area contributed by atoms with Crippen LogP contribution in [0, 0.1) is 0 Å². The van der Waals surface area contributed by atoms with Gasteiger partial charge < -0.3 is 15.2 Å². The fraction of sp³-hybridized carbons (Fsp3) is 0.176. The molecule has 0 spiro atoms. The Morgan fingerprint density at radius 3 is 2.76 bits per heavy atom. The second kappa shape index (κ2) is 5.86. The lowest BCUT2D eigenvalue weighted by atomic mass is 10.1. The molecule has 0 bridgehead atoms. The Morgan fingerprint density at radius 2 is 2.00 bits per heavy atom. The molecule has 1 aliphatic rings. The number of fused-ring (bicyclic) bond motifs is 3. The first-order valence-electron chi connectivity index (χ1n) is 7.61. The summed E-state index contributed by atoms with van der Waals surface area (Å²) in [6.45, 7) is 0. The van der Waals surface area contributed by atoms with Crippen LogP contribution in [0.15, 0.2) is 41.4 Å². The highest BCUT2D eigenvalue weighted by molar-refractivity contribution is 6.32. The van der Waals surface area contributed by atoms with Crippen LogP contribution in [0.3, 0.4) is 0 Å². The first kappa shape index (κ1) is 15.6. The standard InChI is InChI=1S/C17H16ClN5O2/c1-24-13-8-9(7-10(18)14(13)25-2)15-21-16(19)22-17-20-11-5-3-4-6-12(11)23(15)17/h3-8,15H,1-2H3,(H3,19,20,21,22)/t15-/m1/s1. The lowest BCUT2D eigenvalue weighted by Crippen LogP contribution is -2.31. The average molecular weight is 358 g/mol. The molecular formula is C17H16ClN5O2. The number of halogens is 1. The summed E-state index contributed by atoms with van der Waals surface area (Å²) < 4.78 is 12.7. The van der Waals surface area contributed by atoms with Crippen molar-refractivity contribution in [3.8, 4) is 11.5 Å². The highest BCUT2D eigenvalue weighted by Crippen LogP contribution is 2.40. The monoisotopic (exact) mass is 357 g/mol. The maximum absolute atomic E-state index is 6.36. The molecule has 1 atom stereocenters. The van der Waals surface area contributed by atoms with E-state index in [1.54, 1.807) is 20.3 Å². The predicted octanol–water partition coefficient (Wildman–Crippen LogP) is 2.99. The number of methoxy groups -OCH3 is 2. The minimum absolute atomic E-state index is 0.290. The van der Waals surface area contributed by atoms with Crippen LogP contribution in [0.1, 0.15) is 11.7 Å². The Balaban J connectivity index is 1.94. The second-order valence-electron chi connectivity index (χ2n) is 5.55. The number of anilines is 1. The molecule has 25 heavy (non-hydrogen) atoms. The molecule has 0 unspecified atom stereocenters. The van der Waals surface area contributed by atoms with Crippen LogP contribution >= 0.6 is 11.6 Å². The topological polar surface area (TPSA) is 86.7 Å². The van der Waals surface area contributed by atoms with Gasteiger partial charge in [-0.3, -0.25) is 9.88 Å². The number of nitrogens with zero attached hydrogens (tertiary/aromatic N) is 3. The van der Waals surface area contributed by atoms with Crippen LogP contribution in [-0.4, -0.2) is 29.7 Å². The summed E-state index contributed by atoms with van der Waals surface area (Å²) in [5.74, 6) is 1.93. The van der Waals surface area contributed by atoms with E-state index in [-0.39, 0.29) is 0 Å². The number of para-hydroxylation sites is 2. The van der Waals surface area contributed by atoms with Crippen molar-refractivity contribution in [3.05, 3.63) is 47.0 Å². The largest absolute Gasteiger partial charge is 0.493 e. The first-order valence-corrected chi connectivity index (χ1v) is 7.99. The summed E-state index contributed by atoms with van der Waals surface area (Å²) >= 11 is 6.36. The first-order chi connectivity index (χ1) is 12.1. The van der Waals surface area contributed by atoms with Crippen LogP contribution in [0.5, 0.6) is 11.5 Å². The number of nitrogens with two attached hydrogens (primary N) is 1. The SMILES string of the molecule is COc1cc([C@@H]2N=C(N)Nc3nc4ccccc4n32)cc(Cl)c1OC. The Morgan fingerprint density at radius 1 is 1.20 bits per heavy atom. The molecule has 0 radical (unpaired) electrons. The number of guanidine groups is 1. The van der Waals surface area contributed by atoms with Crippen LogP contribution in [-0.2, 0) is 0 Å². The van der Waals surface area contributed by atoms with Crippen molar-refractivity contribution in [2.45, 2.75) is 6.17 Å². The van der Waals surface area contributed by atoms with Gasteiger partial charge in [-0.2, -0.15) is 0 Å². The van der Waals surface area contributed by atoms with Gasteiger partial charge in [0.1, 0.15) is 0 Å². The number of rotatable bonds is 3. The number of imidazole rings is 1.